The average Bonchev–Trinajstić information content (AvgIpc) is 3.02. The van der Waals surface area contributed by atoms with Gasteiger partial charge in [0.15, 0.2) is 0 Å². The highest BCUT2D eigenvalue weighted by molar-refractivity contribution is 9.10. The summed E-state index contributed by atoms with van der Waals surface area (Å²) >= 11 is 3.55. The number of amides is 1. The van der Waals surface area contributed by atoms with Crippen LogP contribution in [0.5, 0.6) is 0 Å². The number of methoxy groups -OCH3 is 2. The molecule has 0 radical (unpaired) electrons. The van der Waals surface area contributed by atoms with Gasteiger partial charge >= 0.3 is 12.1 Å². The fraction of sp³-hybridized carbons (Fsp3) is 0.500. The molecule has 1 heterocycles. The van der Waals surface area contributed by atoms with Crippen molar-refractivity contribution in [1.29, 1.82) is 0 Å². The standard InChI is InChI=1S/C16H18BrNO4/c1-8-4-9-5-10-6-13(15(19)21-2)18(16(20)22-3)14(10)11(9)7-12(8)17/h4,7,10,13-14H,5-6H2,1-3H3/t10-,13+,14+/m1/s1. The molecule has 22 heavy (non-hydrogen) atoms. The summed E-state index contributed by atoms with van der Waals surface area (Å²) < 4.78 is 10.8. The fourth-order valence-electron chi connectivity index (χ4n) is 3.73. The average molecular weight is 368 g/mol. The normalized spacial score (nSPS) is 25.6. The molecule has 3 atom stereocenters. The molecule has 1 saturated heterocycles. The zero-order valence-electron chi connectivity index (χ0n) is 12.8. The molecule has 5 nitrogen and oxygen atoms in total. The van der Waals surface area contributed by atoms with E-state index in [-0.39, 0.29) is 17.9 Å². The molecule has 0 unspecified atom stereocenters. The minimum absolute atomic E-state index is 0.122. The molecule has 6 heteroatoms. The van der Waals surface area contributed by atoms with Gasteiger partial charge in [0, 0.05) is 4.47 Å². The number of nitrogens with zero attached hydrogens (tertiary/aromatic N) is 1. The fourth-order valence-corrected chi connectivity index (χ4v) is 4.09. The molecule has 3 rings (SSSR count). The van der Waals surface area contributed by atoms with Crippen LogP contribution in [0.3, 0.4) is 0 Å². The first kappa shape index (κ1) is 15.3. The van der Waals surface area contributed by atoms with Gasteiger partial charge in [-0.2, -0.15) is 0 Å². The molecule has 0 bridgehead atoms. The van der Waals surface area contributed by atoms with E-state index in [2.05, 4.69) is 28.1 Å². The van der Waals surface area contributed by atoms with E-state index in [1.807, 2.05) is 6.92 Å². The number of hydrogen-bond acceptors (Lipinski definition) is 4. The molecule has 0 aromatic heterocycles. The number of likely N-dealkylation sites (tertiary alicyclic amines) is 1. The number of fused-ring (bicyclic) bond motifs is 3. The van der Waals surface area contributed by atoms with E-state index in [0.717, 1.165) is 16.5 Å². The van der Waals surface area contributed by atoms with E-state index in [1.54, 1.807) is 4.90 Å². The number of ether oxygens (including phenoxy) is 2. The molecule has 0 spiro atoms. The first-order valence-corrected chi connectivity index (χ1v) is 8.00. The molecule has 1 aromatic rings. The third-order valence-corrected chi connectivity index (χ3v) is 5.54. The second-order valence-electron chi connectivity index (χ2n) is 5.86. The SMILES string of the molecule is COC(=O)[C@@H]1C[C@H]2Cc3cc(C)c(Br)cc3[C@H]2N1C(=O)OC. The zero-order valence-corrected chi connectivity index (χ0v) is 14.3. The molecular weight excluding hydrogens is 350 g/mol. The quantitative estimate of drug-likeness (QED) is 0.716. The van der Waals surface area contributed by atoms with Gasteiger partial charge in [0.2, 0.25) is 0 Å². The first-order valence-electron chi connectivity index (χ1n) is 7.21. The molecule has 1 amide bonds. The van der Waals surface area contributed by atoms with Gasteiger partial charge in [-0.05, 0) is 48.4 Å². The Bertz CT molecular complexity index is 645. The highest BCUT2D eigenvalue weighted by Gasteiger charge is 2.52. The third-order valence-electron chi connectivity index (χ3n) is 4.69. The van der Waals surface area contributed by atoms with Crippen molar-refractivity contribution in [1.82, 2.24) is 4.90 Å². The molecule has 0 N–H and O–H groups in total. The van der Waals surface area contributed by atoms with Gasteiger partial charge in [0.05, 0.1) is 20.3 Å². The van der Waals surface area contributed by atoms with Gasteiger partial charge in [0.1, 0.15) is 6.04 Å². The van der Waals surface area contributed by atoms with E-state index in [0.29, 0.717) is 6.42 Å². The van der Waals surface area contributed by atoms with Crippen LogP contribution in [0.1, 0.15) is 29.2 Å². The Kier molecular flexibility index (Phi) is 3.89. The van der Waals surface area contributed by atoms with Crippen molar-refractivity contribution in [2.45, 2.75) is 31.8 Å². The molecule has 118 valence electrons. The van der Waals surface area contributed by atoms with Crippen LogP contribution in [0.2, 0.25) is 0 Å². The Hall–Kier alpha value is -1.56. The summed E-state index contributed by atoms with van der Waals surface area (Å²) in [5, 5.41) is 0. The van der Waals surface area contributed by atoms with E-state index in [9.17, 15) is 9.59 Å². The lowest BCUT2D eigenvalue weighted by molar-refractivity contribution is -0.145. The number of carbonyl (C=O) groups excluding carboxylic acids is 2. The van der Waals surface area contributed by atoms with Gasteiger partial charge in [-0.25, -0.2) is 9.59 Å². The van der Waals surface area contributed by atoms with Gasteiger partial charge < -0.3 is 9.47 Å². The van der Waals surface area contributed by atoms with Crippen molar-refractivity contribution in [2.24, 2.45) is 5.92 Å². The van der Waals surface area contributed by atoms with Gasteiger partial charge in [0.25, 0.3) is 0 Å². The topological polar surface area (TPSA) is 55.8 Å². The van der Waals surface area contributed by atoms with Crippen LogP contribution < -0.4 is 0 Å². The summed E-state index contributed by atoms with van der Waals surface area (Å²) in [4.78, 5) is 25.8. The number of esters is 1. The Labute approximate surface area is 137 Å². The molecule has 1 aliphatic heterocycles. The molecule has 0 saturated carbocycles. The van der Waals surface area contributed by atoms with Gasteiger partial charge in [-0.15, -0.1) is 0 Å². The Morgan fingerprint density at radius 2 is 2.00 bits per heavy atom. The minimum atomic E-state index is -0.569. The summed E-state index contributed by atoms with van der Waals surface area (Å²) in [5.74, 6) is -0.153. The van der Waals surface area contributed by atoms with E-state index in [4.69, 9.17) is 9.47 Å². The van der Waals surface area contributed by atoms with Crippen LogP contribution in [-0.2, 0) is 20.7 Å². The van der Waals surface area contributed by atoms with Crippen LogP contribution in [0, 0.1) is 12.8 Å². The monoisotopic (exact) mass is 367 g/mol. The second kappa shape index (κ2) is 5.57. The van der Waals surface area contributed by atoms with Crippen molar-refractivity contribution >= 4 is 28.0 Å². The molecule has 2 aliphatic rings. The van der Waals surface area contributed by atoms with Crippen molar-refractivity contribution in [2.75, 3.05) is 14.2 Å². The third kappa shape index (κ3) is 2.20. The van der Waals surface area contributed by atoms with Crippen LogP contribution in [0.4, 0.5) is 4.79 Å². The largest absolute Gasteiger partial charge is 0.467 e. The summed E-state index contributed by atoms with van der Waals surface area (Å²) in [5.41, 5.74) is 3.51. The number of benzene rings is 1. The minimum Gasteiger partial charge on any atom is -0.467 e. The number of halogens is 1. The zero-order chi connectivity index (χ0) is 16.0. The summed E-state index contributed by atoms with van der Waals surface area (Å²) in [6.07, 6.45) is 1.000. The number of hydrogen-bond donors (Lipinski definition) is 0. The number of rotatable bonds is 1. The van der Waals surface area contributed by atoms with Gasteiger partial charge in [-0.1, -0.05) is 22.0 Å². The maximum absolute atomic E-state index is 12.2. The predicted molar refractivity (Wildman–Crippen MR) is 83.5 cm³/mol. The second-order valence-corrected chi connectivity index (χ2v) is 6.72. The Balaban J connectivity index is 2.04. The van der Waals surface area contributed by atoms with Crippen molar-refractivity contribution < 1.29 is 19.1 Å². The lowest BCUT2D eigenvalue weighted by Gasteiger charge is -2.27. The van der Waals surface area contributed by atoms with E-state index < -0.39 is 12.1 Å². The Morgan fingerprint density at radius 1 is 1.27 bits per heavy atom. The van der Waals surface area contributed by atoms with E-state index >= 15 is 0 Å². The van der Waals surface area contributed by atoms with Crippen LogP contribution in [0.25, 0.3) is 0 Å². The molecule has 1 fully saturated rings. The first-order chi connectivity index (χ1) is 10.5. The maximum atomic E-state index is 12.2. The van der Waals surface area contributed by atoms with Crippen molar-refractivity contribution in [3.8, 4) is 0 Å². The van der Waals surface area contributed by atoms with E-state index in [1.165, 1.54) is 25.3 Å². The van der Waals surface area contributed by atoms with Crippen LogP contribution in [0.15, 0.2) is 16.6 Å². The highest BCUT2D eigenvalue weighted by atomic mass is 79.9. The lowest BCUT2D eigenvalue weighted by Crippen LogP contribution is -2.42. The summed E-state index contributed by atoms with van der Waals surface area (Å²) in [6.45, 7) is 2.05. The number of aryl methyl sites for hydroxylation is 1. The van der Waals surface area contributed by atoms with Gasteiger partial charge in [-0.3, -0.25) is 4.90 Å². The number of carbonyl (C=O) groups is 2. The smallest absolute Gasteiger partial charge is 0.410 e. The predicted octanol–water partition coefficient (Wildman–Crippen LogP) is 2.98. The Morgan fingerprint density at radius 3 is 2.64 bits per heavy atom. The molecule has 1 aliphatic carbocycles. The molecular formula is C16H18BrNO4. The molecule has 1 aromatic carbocycles. The van der Waals surface area contributed by atoms with Crippen molar-refractivity contribution in [3.63, 3.8) is 0 Å². The summed E-state index contributed by atoms with van der Waals surface area (Å²) in [7, 11) is 2.69. The maximum Gasteiger partial charge on any atom is 0.410 e. The lowest BCUT2D eigenvalue weighted by atomic mass is 10.00. The van der Waals surface area contributed by atoms with Crippen molar-refractivity contribution in [3.05, 3.63) is 33.3 Å². The van der Waals surface area contributed by atoms with Crippen LogP contribution >= 0.6 is 15.9 Å². The summed E-state index contributed by atoms with van der Waals surface area (Å²) in [6, 6.07) is 3.52. The highest BCUT2D eigenvalue weighted by Crippen LogP contribution is 2.50. The van der Waals surface area contributed by atoms with Crippen LogP contribution in [-0.4, -0.2) is 37.2 Å².